The zero-order valence-corrected chi connectivity index (χ0v) is 11.4. The molecule has 0 aromatic heterocycles. The van der Waals surface area contributed by atoms with Gasteiger partial charge in [0, 0.05) is 0 Å². The van der Waals surface area contributed by atoms with Crippen LogP contribution in [-0.2, 0) is 14.6 Å². The summed E-state index contributed by atoms with van der Waals surface area (Å²) in [4.78, 5) is 0.231. The summed E-state index contributed by atoms with van der Waals surface area (Å²) in [6, 6.07) is 7.87. The van der Waals surface area contributed by atoms with E-state index in [0.717, 1.165) is 6.42 Å². The maximum absolute atomic E-state index is 11.9. The Morgan fingerprint density at radius 3 is 2.44 bits per heavy atom. The van der Waals surface area contributed by atoms with Gasteiger partial charge in [-0.1, -0.05) is 6.92 Å². The molecule has 0 spiro atoms. The summed E-state index contributed by atoms with van der Waals surface area (Å²) in [5, 5.41) is 8.64. The van der Waals surface area contributed by atoms with Gasteiger partial charge in [-0.05, 0) is 37.6 Å². The van der Waals surface area contributed by atoms with E-state index in [0.29, 0.717) is 5.56 Å². The number of sulfone groups is 1. The van der Waals surface area contributed by atoms with E-state index in [1.165, 1.54) is 24.3 Å². The first-order valence-electron chi connectivity index (χ1n) is 5.84. The quantitative estimate of drug-likeness (QED) is 0.792. The fraction of sp³-hybridized carbons (Fsp3) is 0.462. The lowest BCUT2D eigenvalue weighted by atomic mass is 10.2. The molecule has 5 heteroatoms. The summed E-state index contributed by atoms with van der Waals surface area (Å²) in [6.07, 6.45) is 0.929. The van der Waals surface area contributed by atoms with Gasteiger partial charge in [0.15, 0.2) is 9.84 Å². The summed E-state index contributed by atoms with van der Waals surface area (Å²) in [7, 11) is -3.32. The highest BCUT2D eigenvalue weighted by Gasteiger charge is 2.14. The van der Waals surface area contributed by atoms with Gasteiger partial charge in [0.2, 0.25) is 0 Å². The Labute approximate surface area is 108 Å². The van der Waals surface area contributed by atoms with Crippen molar-refractivity contribution < 1.29 is 13.2 Å². The molecule has 0 saturated carbocycles. The van der Waals surface area contributed by atoms with Crippen LogP contribution in [0.25, 0.3) is 0 Å². The molecule has 0 heterocycles. The van der Waals surface area contributed by atoms with Crippen LogP contribution < -0.4 is 0 Å². The fourth-order valence-electron chi connectivity index (χ4n) is 1.33. The molecular formula is C13H17NO3S. The number of hydrogen-bond donors (Lipinski definition) is 0. The largest absolute Gasteiger partial charge is 0.377 e. The van der Waals surface area contributed by atoms with Crippen molar-refractivity contribution in [2.75, 3.05) is 12.4 Å². The third-order valence-corrected chi connectivity index (χ3v) is 4.37. The summed E-state index contributed by atoms with van der Waals surface area (Å²) < 4.78 is 29.2. The van der Waals surface area contributed by atoms with Crippen molar-refractivity contribution >= 4 is 9.84 Å². The number of ether oxygens (including phenoxy) is 1. The lowest BCUT2D eigenvalue weighted by Crippen LogP contribution is -2.16. The molecule has 1 rings (SSSR count). The average Bonchev–Trinajstić information content (AvgIpc) is 2.38. The Morgan fingerprint density at radius 2 is 1.94 bits per heavy atom. The molecule has 0 aliphatic heterocycles. The molecule has 1 aromatic carbocycles. The summed E-state index contributed by atoms with van der Waals surface area (Å²) in [5.41, 5.74) is 0.449. The minimum atomic E-state index is -3.32. The van der Waals surface area contributed by atoms with E-state index in [-0.39, 0.29) is 23.4 Å². The molecule has 0 fully saturated rings. The molecule has 0 saturated heterocycles. The molecule has 0 radical (unpaired) electrons. The monoisotopic (exact) mass is 267 g/mol. The molecule has 4 nitrogen and oxygen atoms in total. The summed E-state index contributed by atoms with van der Waals surface area (Å²) >= 11 is 0. The molecule has 0 N–H and O–H groups in total. The minimum Gasteiger partial charge on any atom is -0.377 e. The van der Waals surface area contributed by atoms with Crippen LogP contribution in [0.1, 0.15) is 25.8 Å². The lowest BCUT2D eigenvalue weighted by molar-refractivity contribution is 0.0752. The molecule has 0 aliphatic carbocycles. The second-order valence-corrected chi connectivity index (χ2v) is 6.15. The van der Waals surface area contributed by atoms with Crippen molar-refractivity contribution in [2.24, 2.45) is 0 Å². The van der Waals surface area contributed by atoms with Crippen LogP contribution in [0.3, 0.4) is 0 Å². The molecule has 1 atom stereocenters. The average molecular weight is 267 g/mol. The zero-order valence-electron chi connectivity index (χ0n) is 10.6. The van der Waals surface area contributed by atoms with Gasteiger partial charge in [-0.15, -0.1) is 0 Å². The van der Waals surface area contributed by atoms with Crippen LogP contribution in [0, 0.1) is 11.3 Å². The Bertz CT molecular complexity index is 514. The predicted molar refractivity (Wildman–Crippen MR) is 68.9 cm³/mol. The van der Waals surface area contributed by atoms with Gasteiger partial charge < -0.3 is 4.74 Å². The molecule has 98 valence electrons. The molecule has 1 unspecified atom stereocenters. The van der Waals surface area contributed by atoms with Crippen LogP contribution in [-0.4, -0.2) is 26.9 Å². The van der Waals surface area contributed by atoms with Crippen LogP contribution in [0.4, 0.5) is 0 Å². The topological polar surface area (TPSA) is 67.2 Å². The fourth-order valence-corrected chi connectivity index (χ4v) is 2.43. The van der Waals surface area contributed by atoms with Gasteiger partial charge in [-0.25, -0.2) is 8.42 Å². The van der Waals surface area contributed by atoms with E-state index in [2.05, 4.69) is 0 Å². The zero-order chi connectivity index (χ0) is 13.6. The van der Waals surface area contributed by atoms with Crippen molar-refractivity contribution in [1.82, 2.24) is 0 Å². The molecule has 1 aromatic rings. The second kappa shape index (κ2) is 6.53. The first kappa shape index (κ1) is 14.7. The van der Waals surface area contributed by atoms with Crippen LogP contribution in [0.2, 0.25) is 0 Å². The first-order valence-corrected chi connectivity index (χ1v) is 7.49. The molecular weight excluding hydrogens is 250 g/mol. The number of benzene rings is 1. The van der Waals surface area contributed by atoms with E-state index in [4.69, 9.17) is 10.00 Å². The number of hydrogen-bond acceptors (Lipinski definition) is 4. The number of nitrogens with zero attached hydrogens (tertiary/aromatic N) is 1. The van der Waals surface area contributed by atoms with Gasteiger partial charge in [-0.2, -0.15) is 5.26 Å². The minimum absolute atomic E-state index is 0.0385. The van der Waals surface area contributed by atoms with E-state index in [9.17, 15) is 8.42 Å². The van der Waals surface area contributed by atoms with E-state index < -0.39 is 9.84 Å². The van der Waals surface area contributed by atoms with Crippen molar-refractivity contribution in [3.05, 3.63) is 29.8 Å². The maximum Gasteiger partial charge on any atom is 0.180 e. The van der Waals surface area contributed by atoms with Gasteiger partial charge in [-0.3, -0.25) is 0 Å². The van der Waals surface area contributed by atoms with Crippen molar-refractivity contribution in [2.45, 2.75) is 31.3 Å². The Balaban J connectivity index is 2.66. The van der Waals surface area contributed by atoms with E-state index >= 15 is 0 Å². The first-order chi connectivity index (χ1) is 8.49. The van der Waals surface area contributed by atoms with Crippen LogP contribution >= 0.6 is 0 Å². The third-order valence-electron chi connectivity index (χ3n) is 2.67. The smallest absolute Gasteiger partial charge is 0.180 e. The molecule has 0 amide bonds. The lowest BCUT2D eigenvalue weighted by Gasteiger charge is -2.10. The third kappa shape index (κ3) is 4.13. The predicted octanol–water partition coefficient (Wildman–Crippen LogP) is 2.15. The van der Waals surface area contributed by atoms with Crippen molar-refractivity contribution in [3.63, 3.8) is 0 Å². The Hall–Kier alpha value is -1.38. The van der Waals surface area contributed by atoms with Gasteiger partial charge >= 0.3 is 0 Å². The Kier molecular flexibility index (Phi) is 5.32. The van der Waals surface area contributed by atoms with Crippen LogP contribution in [0.5, 0.6) is 0 Å². The second-order valence-electron chi connectivity index (χ2n) is 4.04. The van der Waals surface area contributed by atoms with E-state index in [1.807, 2.05) is 19.9 Å². The van der Waals surface area contributed by atoms with Crippen molar-refractivity contribution in [1.29, 1.82) is 5.26 Å². The standard InChI is InChI=1S/C13H17NO3S/c1-3-11(2)17-8-9-18(15,16)13-6-4-12(10-14)5-7-13/h4-7,11H,3,8-9H2,1-2H3. The van der Waals surface area contributed by atoms with Gasteiger partial charge in [0.1, 0.15) is 0 Å². The highest BCUT2D eigenvalue weighted by molar-refractivity contribution is 7.91. The molecule has 0 aliphatic rings. The molecule has 0 bridgehead atoms. The number of rotatable bonds is 6. The highest BCUT2D eigenvalue weighted by atomic mass is 32.2. The normalized spacial score (nSPS) is 12.9. The Morgan fingerprint density at radius 1 is 1.33 bits per heavy atom. The highest BCUT2D eigenvalue weighted by Crippen LogP contribution is 2.12. The maximum atomic E-state index is 11.9. The SMILES string of the molecule is CCC(C)OCCS(=O)(=O)c1ccc(C#N)cc1. The van der Waals surface area contributed by atoms with E-state index in [1.54, 1.807) is 0 Å². The van der Waals surface area contributed by atoms with Gasteiger partial charge in [0.25, 0.3) is 0 Å². The molecule has 18 heavy (non-hydrogen) atoms. The summed E-state index contributed by atoms with van der Waals surface area (Å²) in [5.74, 6) is -0.0385. The number of nitriles is 1. The van der Waals surface area contributed by atoms with Crippen molar-refractivity contribution in [3.8, 4) is 6.07 Å². The van der Waals surface area contributed by atoms with Crippen LogP contribution in [0.15, 0.2) is 29.2 Å². The summed E-state index contributed by atoms with van der Waals surface area (Å²) in [6.45, 7) is 4.09. The van der Waals surface area contributed by atoms with Gasteiger partial charge in [0.05, 0.1) is 35.0 Å².